The van der Waals surface area contributed by atoms with E-state index in [1.165, 1.54) is 23.6 Å². The molecule has 0 spiro atoms. The summed E-state index contributed by atoms with van der Waals surface area (Å²) in [6.45, 7) is 2.03. The lowest BCUT2D eigenvalue weighted by Crippen LogP contribution is -2.26. The number of benzene rings is 1. The second kappa shape index (κ2) is 4.67. The number of hydrogen-bond donors (Lipinski definition) is 2. The molecule has 0 bridgehead atoms. The molecule has 1 aromatic rings. The van der Waals surface area contributed by atoms with E-state index in [0.717, 1.165) is 17.6 Å². The van der Waals surface area contributed by atoms with Crippen molar-refractivity contribution in [2.45, 2.75) is 25.9 Å². The molecule has 98 valence electrons. The molecular formula is C16H17NO2. The lowest BCUT2D eigenvalue weighted by molar-refractivity contribution is -0.118. The minimum absolute atomic E-state index is 0.0403. The van der Waals surface area contributed by atoms with E-state index in [2.05, 4.69) is 23.5 Å². The summed E-state index contributed by atoms with van der Waals surface area (Å²) in [7, 11) is 0. The number of nitrogens with one attached hydrogen (secondary N) is 1. The number of carbonyl (C=O) groups excluding carboxylic acids is 1. The molecule has 0 heterocycles. The average molecular weight is 255 g/mol. The number of aliphatic hydroxyl groups is 1. The molecule has 1 amide bonds. The van der Waals surface area contributed by atoms with Crippen molar-refractivity contribution in [3.63, 3.8) is 0 Å². The second-order valence-electron chi connectivity index (χ2n) is 5.13. The highest BCUT2D eigenvalue weighted by Gasteiger charge is 2.27. The number of carbonyl (C=O) groups is 1. The molecule has 2 N–H and O–H groups in total. The van der Waals surface area contributed by atoms with Crippen LogP contribution in [0.4, 0.5) is 0 Å². The number of rotatable bonds is 2. The van der Waals surface area contributed by atoms with Gasteiger partial charge in [0.1, 0.15) is 0 Å². The summed E-state index contributed by atoms with van der Waals surface area (Å²) in [5, 5.41) is 13.1. The van der Waals surface area contributed by atoms with Gasteiger partial charge >= 0.3 is 0 Å². The fourth-order valence-electron chi connectivity index (χ4n) is 2.93. The molecule has 1 atom stereocenters. The van der Waals surface area contributed by atoms with Crippen LogP contribution in [0.25, 0.3) is 5.57 Å². The van der Waals surface area contributed by atoms with E-state index in [1.54, 1.807) is 0 Å². The van der Waals surface area contributed by atoms with Gasteiger partial charge in [0.15, 0.2) is 0 Å². The van der Waals surface area contributed by atoms with E-state index in [9.17, 15) is 9.90 Å². The minimum atomic E-state index is -0.464. The molecule has 3 heteroatoms. The van der Waals surface area contributed by atoms with Crippen LogP contribution in [0.1, 0.15) is 36.1 Å². The zero-order chi connectivity index (χ0) is 13.4. The zero-order valence-corrected chi connectivity index (χ0v) is 10.9. The van der Waals surface area contributed by atoms with E-state index in [1.807, 2.05) is 12.1 Å². The molecule has 0 radical (unpaired) electrons. The number of amides is 1. The maximum absolute atomic E-state index is 11.1. The molecule has 0 saturated carbocycles. The van der Waals surface area contributed by atoms with Crippen LogP contribution in [0, 0.1) is 0 Å². The first-order valence-corrected chi connectivity index (χ1v) is 6.60. The Morgan fingerprint density at radius 2 is 2.32 bits per heavy atom. The first kappa shape index (κ1) is 12.2. The SMILES string of the molecule is CC(=O)NCC1=C2C=CCc3cccc(c32)C(O)C1. The number of hydrogen-bond acceptors (Lipinski definition) is 2. The molecule has 3 nitrogen and oxygen atoms in total. The summed E-state index contributed by atoms with van der Waals surface area (Å²) >= 11 is 0. The Hall–Kier alpha value is -1.87. The summed E-state index contributed by atoms with van der Waals surface area (Å²) in [6.07, 6.45) is 5.30. The van der Waals surface area contributed by atoms with Gasteiger partial charge in [-0.25, -0.2) is 0 Å². The normalized spacial score (nSPS) is 20.2. The molecule has 0 saturated heterocycles. The standard InChI is InChI=1S/C16H17NO2/c1-10(18)17-9-12-8-15(19)14-7-3-5-11-4-2-6-13(12)16(11)14/h2-3,5-7,15,19H,4,8-9H2,1H3,(H,17,18). The maximum atomic E-state index is 11.1. The molecule has 0 fully saturated rings. The average Bonchev–Trinajstić information content (AvgIpc) is 2.41. The Balaban J connectivity index is 2.08. The van der Waals surface area contributed by atoms with Crippen LogP contribution in [0.15, 0.2) is 35.9 Å². The Bertz CT molecular complexity index is 599. The summed E-state index contributed by atoms with van der Waals surface area (Å²) in [4.78, 5) is 11.1. The van der Waals surface area contributed by atoms with Crippen LogP contribution >= 0.6 is 0 Å². The van der Waals surface area contributed by atoms with Crippen molar-refractivity contribution in [2.24, 2.45) is 0 Å². The van der Waals surface area contributed by atoms with Crippen LogP contribution in [0.3, 0.4) is 0 Å². The molecular weight excluding hydrogens is 238 g/mol. The summed E-state index contributed by atoms with van der Waals surface area (Å²) in [5.41, 5.74) is 5.73. The zero-order valence-electron chi connectivity index (χ0n) is 10.9. The van der Waals surface area contributed by atoms with Crippen molar-refractivity contribution >= 4 is 11.5 Å². The minimum Gasteiger partial charge on any atom is -0.388 e. The lowest BCUT2D eigenvalue weighted by Gasteiger charge is -2.29. The quantitative estimate of drug-likeness (QED) is 0.850. The second-order valence-corrected chi connectivity index (χ2v) is 5.13. The van der Waals surface area contributed by atoms with Crippen LogP contribution in [-0.2, 0) is 11.2 Å². The highest BCUT2D eigenvalue weighted by molar-refractivity contribution is 5.85. The first-order valence-electron chi connectivity index (χ1n) is 6.60. The predicted octanol–water partition coefficient (Wildman–Crippen LogP) is 2.13. The molecule has 1 aromatic carbocycles. The van der Waals surface area contributed by atoms with Crippen molar-refractivity contribution in [3.8, 4) is 0 Å². The Kier molecular flexibility index (Phi) is 2.99. The maximum Gasteiger partial charge on any atom is 0.217 e. The monoisotopic (exact) mass is 255 g/mol. The predicted molar refractivity (Wildman–Crippen MR) is 74.5 cm³/mol. The molecule has 2 aliphatic carbocycles. The number of aliphatic hydroxyl groups excluding tert-OH is 1. The Morgan fingerprint density at radius 1 is 1.47 bits per heavy atom. The lowest BCUT2D eigenvalue weighted by atomic mass is 9.78. The van der Waals surface area contributed by atoms with Crippen LogP contribution in [0.5, 0.6) is 0 Å². The summed E-state index contributed by atoms with van der Waals surface area (Å²) in [6, 6.07) is 6.11. The molecule has 0 aliphatic heterocycles. The van der Waals surface area contributed by atoms with Crippen molar-refractivity contribution in [1.82, 2.24) is 5.32 Å². The van der Waals surface area contributed by atoms with Gasteiger partial charge in [0.05, 0.1) is 6.10 Å². The first-order chi connectivity index (χ1) is 9.16. The fourth-order valence-corrected chi connectivity index (χ4v) is 2.93. The molecule has 3 rings (SSSR count). The molecule has 1 unspecified atom stereocenters. The van der Waals surface area contributed by atoms with Gasteiger partial charge in [-0.3, -0.25) is 4.79 Å². The van der Waals surface area contributed by atoms with Gasteiger partial charge < -0.3 is 10.4 Å². The van der Waals surface area contributed by atoms with E-state index in [-0.39, 0.29) is 5.91 Å². The van der Waals surface area contributed by atoms with E-state index in [0.29, 0.717) is 13.0 Å². The van der Waals surface area contributed by atoms with Gasteiger partial charge in [0.25, 0.3) is 0 Å². The smallest absolute Gasteiger partial charge is 0.217 e. The topological polar surface area (TPSA) is 49.3 Å². The third kappa shape index (κ3) is 2.10. The van der Waals surface area contributed by atoms with Crippen molar-refractivity contribution in [1.29, 1.82) is 0 Å². The van der Waals surface area contributed by atoms with E-state index < -0.39 is 6.10 Å². The van der Waals surface area contributed by atoms with Gasteiger partial charge in [-0.15, -0.1) is 0 Å². The van der Waals surface area contributed by atoms with Crippen molar-refractivity contribution in [2.75, 3.05) is 6.54 Å². The Labute approximate surface area is 112 Å². The van der Waals surface area contributed by atoms with Crippen LogP contribution in [-0.4, -0.2) is 17.6 Å². The Morgan fingerprint density at radius 3 is 3.11 bits per heavy atom. The largest absolute Gasteiger partial charge is 0.388 e. The van der Waals surface area contributed by atoms with Gasteiger partial charge in [0, 0.05) is 19.9 Å². The summed E-state index contributed by atoms with van der Waals surface area (Å²) < 4.78 is 0. The van der Waals surface area contributed by atoms with Gasteiger partial charge in [0.2, 0.25) is 5.91 Å². The molecule has 2 aliphatic rings. The van der Waals surface area contributed by atoms with Gasteiger partial charge in [-0.05, 0) is 34.3 Å². The van der Waals surface area contributed by atoms with Crippen molar-refractivity contribution in [3.05, 3.63) is 52.6 Å². The molecule has 0 aromatic heterocycles. The third-order valence-electron chi connectivity index (χ3n) is 3.80. The van der Waals surface area contributed by atoms with Gasteiger partial charge in [-0.1, -0.05) is 30.4 Å². The summed E-state index contributed by atoms with van der Waals surface area (Å²) in [5.74, 6) is -0.0403. The van der Waals surface area contributed by atoms with Crippen LogP contribution in [0.2, 0.25) is 0 Å². The van der Waals surface area contributed by atoms with E-state index in [4.69, 9.17) is 0 Å². The third-order valence-corrected chi connectivity index (χ3v) is 3.80. The van der Waals surface area contributed by atoms with Gasteiger partial charge in [-0.2, -0.15) is 0 Å². The highest BCUT2D eigenvalue weighted by atomic mass is 16.3. The van der Waals surface area contributed by atoms with Crippen LogP contribution < -0.4 is 5.32 Å². The van der Waals surface area contributed by atoms with E-state index >= 15 is 0 Å². The van der Waals surface area contributed by atoms with Crippen molar-refractivity contribution < 1.29 is 9.90 Å². The highest BCUT2D eigenvalue weighted by Crippen LogP contribution is 2.41. The fraction of sp³-hybridized carbons (Fsp3) is 0.312. The molecule has 19 heavy (non-hydrogen) atoms. The number of allylic oxidation sites excluding steroid dienone is 3.